The number of allylic oxidation sites excluding steroid dienone is 4. The Labute approximate surface area is 283 Å². The summed E-state index contributed by atoms with van der Waals surface area (Å²) < 4.78 is 1.25. The second-order valence-electron chi connectivity index (χ2n) is 13.8. The Bertz CT molecular complexity index is 517. The van der Waals surface area contributed by atoms with Crippen molar-refractivity contribution >= 4 is 0 Å². The van der Waals surface area contributed by atoms with Gasteiger partial charge in [0.05, 0.1) is 26.7 Å². The summed E-state index contributed by atoms with van der Waals surface area (Å²) in [5, 5.41) is 0. The van der Waals surface area contributed by atoms with E-state index in [1.54, 1.807) is 0 Å². The number of nitrogens with two attached hydrogens (primary N) is 1. The van der Waals surface area contributed by atoms with Gasteiger partial charge in [0, 0.05) is 6.42 Å². The maximum Gasteiger partial charge on any atom is 0.0796 e. The maximum atomic E-state index is 5.90. The van der Waals surface area contributed by atoms with Crippen molar-refractivity contribution in [1.29, 1.82) is 0 Å². The SMILES string of the molecule is CCCCCCCC/C=C/CCCCCCCC[N+](C)(CCCN)CCCCCCCC/C=C/CCCCCCCC.[Br-]. The smallest absolute Gasteiger partial charge is 0.0796 e. The van der Waals surface area contributed by atoms with Gasteiger partial charge in [0.2, 0.25) is 0 Å². The highest BCUT2D eigenvalue weighted by Gasteiger charge is 2.19. The van der Waals surface area contributed by atoms with E-state index in [0.29, 0.717) is 0 Å². The standard InChI is InChI=1S/C40H81N2.BrH/c1-4-6-8-10-12-14-16-18-20-22-24-26-28-30-32-34-38-42(3,40-36-37-41)39-35-33-31-29-27-25-23-21-19-17-15-13-11-9-7-5-2;/h18-21H,4-17,22-41H2,1-3H3;1H/q+1;/p-1/b20-18+,21-19+;. The first-order valence-corrected chi connectivity index (χ1v) is 19.5. The lowest BCUT2D eigenvalue weighted by molar-refractivity contribution is -0.910. The summed E-state index contributed by atoms with van der Waals surface area (Å²) in [5.41, 5.74) is 5.90. The lowest BCUT2D eigenvalue weighted by atomic mass is 10.1. The molecule has 0 aromatic heterocycles. The molecule has 0 rings (SSSR count). The molecule has 0 aliphatic carbocycles. The molecule has 2 N–H and O–H groups in total. The predicted octanol–water partition coefficient (Wildman–Crippen LogP) is 9.86. The molecule has 0 atom stereocenters. The minimum absolute atomic E-state index is 0. The van der Waals surface area contributed by atoms with Crippen LogP contribution in [0.5, 0.6) is 0 Å². The number of rotatable bonds is 35. The van der Waals surface area contributed by atoms with E-state index in [4.69, 9.17) is 5.73 Å². The first kappa shape index (κ1) is 45.0. The van der Waals surface area contributed by atoms with Gasteiger partial charge >= 0.3 is 0 Å². The molecule has 0 fully saturated rings. The average Bonchev–Trinajstić information content (AvgIpc) is 2.99. The van der Waals surface area contributed by atoms with E-state index in [1.807, 2.05) is 0 Å². The number of hydrogen-bond donors (Lipinski definition) is 1. The number of unbranched alkanes of at least 4 members (excludes halogenated alkanes) is 24. The van der Waals surface area contributed by atoms with Crippen LogP contribution in [0, 0.1) is 0 Å². The van der Waals surface area contributed by atoms with E-state index < -0.39 is 0 Å². The summed E-state index contributed by atoms with van der Waals surface area (Å²) in [6, 6.07) is 0. The second kappa shape index (κ2) is 38.1. The third kappa shape index (κ3) is 36.2. The largest absolute Gasteiger partial charge is 1.00 e. The van der Waals surface area contributed by atoms with Gasteiger partial charge in [0.15, 0.2) is 0 Å². The van der Waals surface area contributed by atoms with Gasteiger partial charge in [-0.2, -0.15) is 0 Å². The van der Waals surface area contributed by atoms with E-state index in [1.165, 1.54) is 210 Å². The summed E-state index contributed by atoms with van der Waals surface area (Å²) in [6.07, 6.45) is 49.9. The minimum atomic E-state index is 0. The molecule has 0 bridgehead atoms. The van der Waals surface area contributed by atoms with Crippen molar-refractivity contribution in [3.63, 3.8) is 0 Å². The quantitative estimate of drug-likeness (QED) is 0.0406. The summed E-state index contributed by atoms with van der Waals surface area (Å²) in [7, 11) is 2.50. The van der Waals surface area contributed by atoms with Crippen molar-refractivity contribution in [3.05, 3.63) is 24.3 Å². The summed E-state index contributed by atoms with van der Waals surface area (Å²) in [4.78, 5) is 0. The molecular weight excluding hydrogens is 588 g/mol. The van der Waals surface area contributed by atoms with Crippen LogP contribution >= 0.6 is 0 Å². The highest BCUT2D eigenvalue weighted by Crippen LogP contribution is 2.16. The summed E-state index contributed by atoms with van der Waals surface area (Å²) in [5.74, 6) is 0. The van der Waals surface area contributed by atoms with Gasteiger partial charge in [0.1, 0.15) is 0 Å². The first-order valence-electron chi connectivity index (χ1n) is 19.5. The van der Waals surface area contributed by atoms with Gasteiger partial charge < -0.3 is 27.2 Å². The molecule has 0 radical (unpaired) electrons. The maximum absolute atomic E-state index is 5.90. The highest BCUT2D eigenvalue weighted by molar-refractivity contribution is 4.82. The number of quaternary nitrogens is 1. The molecule has 258 valence electrons. The van der Waals surface area contributed by atoms with Crippen molar-refractivity contribution in [2.75, 3.05) is 33.2 Å². The molecule has 0 heterocycles. The van der Waals surface area contributed by atoms with Crippen LogP contribution in [0.15, 0.2) is 24.3 Å². The molecule has 0 aromatic rings. The first-order chi connectivity index (χ1) is 20.7. The molecule has 43 heavy (non-hydrogen) atoms. The fraction of sp³-hybridized carbons (Fsp3) is 0.900. The van der Waals surface area contributed by atoms with Crippen molar-refractivity contribution in [2.45, 2.75) is 200 Å². The molecule has 0 unspecified atom stereocenters. The third-order valence-electron chi connectivity index (χ3n) is 9.32. The van der Waals surface area contributed by atoms with Gasteiger partial charge in [-0.15, -0.1) is 0 Å². The minimum Gasteiger partial charge on any atom is -1.00 e. The summed E-state index contributed by atoms with van der Waals surface area (Å²) in [6.45, 7) is 9.41. The fourth-order valence-corrected chi connectivity index (χ4v) is 6.29. The molecule has 0 saturated heterocycles. The van der Waals surface area contributed by atoms with Crippen molar-refractivity contribution in [3.8, 4) is 0 Å². The summed E-state index contributed by atoms with van der Waals surface area (Å²) >= 11 is 0. The zero-order valence-corrected chi connectivity index (χ0v) is 31.6. The molecule has 0 aliphatic heterocycles. The lowest BCUT2D eigenvalue weighted by Gasteiger charge is -2.35. The Morgan fingerprint density at radius 2 is 0.628 bits per heavy atom. The molecule has 3 heteroatoms. The zero-order valence-electron chi connectivity index (χ0n) is 30.0. The fourth-order valence-electron chi connectivity index (χ4n) is 6.29. The van der Waals surface area contributed by atoms with E-state index in [0.717, 1.165) is 6.54 Å². The zero-order chi connectivity index (χ0) is 30.7. The number of hydrogen-bond acceptors (Lipinski definition) is 1. The van der Waals surface area contributed by atoms with E-state index in [9.17, 15) is 0 Å². The Hall–Kier alpha value is -0.120. The number of nitrogens with zero attached hydrogens (tertiary/aromatic N) is 1. The monoisotopic (exact) mass is 669 g/mol. The van der Waals surface area contributed by atoms with Gasteiger partial charge in [-0.3, -0.25) is 0 Å². The predicted molar refractivity (Wildman–Crippen MR) is 193 cm³/mol. The van der Waals surface area contributed by atoms with Crippen LogP contribution in [-0.2, 0) is 0 Å². The molecule has 2 nitrogen and oxygen atoms in total. The Morgan fingerprint density at radius 1 is 0.372 bits per heavy atom. The molecule has 0 spiro atoms. The van der Waals surface area contributed by atoms with Crippen LogP contribution in [0.25, 0.3) is 0 Å². The Balaban J connectivity index is 0. The number of halogens is 1. The molecule has 0 amide bonds. The van der Waals surface area contributed by atoms with Gasteiger partial charge in [-0.05, 0) is 83.6 Å². The highest BCUT2D eigenvalue weighted by atomic mass is 79.9. The van der Waals surface area contributed by atoms with E-state index >= 15 is 0 Å². The van der Waals surface area contributed by atoms with Crippen LogP contribution in [0.2, 0.25) is 0 Å². The van der Waals surface area contributed by atoms with Crippen molar-refractivity contribution < 1.29 is 21.5 Å². The van der Waals surface area contributed by atoms with Gasteiger partial charge in [0.25, 0.3) is 0 Å². The molecule has 0 aromatic carbocycles. The normalized spacial score (nSPS) is 12.1. The van der Waals surface area contributed by atoms with Crippen LogP contribution in [-0.4, -0.2) is 37.7 Å². The van der Waals surface area contributed by atoms with Crippen LogP contribution in [0.3, 0.4) is 0 Å². The van der Waals surface area contributed by atoms with Crippen LogP contribution in [0.4, 0.5) is 0 Å². The van der Waals surface area contributed by atoms with Crippen LogP contribution < -0.4 is 22.7 Å². The van der Waals surface area contributed by atoms with Crippen molar-refractivity contribution in [1.82, 2.24) is 0 Å². The van der Waals surface area contributed by atoms with Gasteiger partial charge in [-0.25, -0.2) is 0 Å². The van der Waals surface area contributed by atoms with Crippen molar-refractivity contribution in [2.24, 2.45) is 5.73 Å². The Morgan fingerprint density at radius 3 is 0.930 bits per heavy atom. The average molecular weight is 670 g/mol. The molecular formula is C40H81BrN2. The Kier molecular flexibility index (Phi) is 39.8. The lowest BCUT2D eigenvalue weighted by Crippen LogP contribution is -3.00. The van der Waals surface area contributed by atoms with Crippen LogP contribution in [0.1, 0.15) is 200 Å². The van der Waals surface area contributed by atoms with E-state index in [-0.39, 0.29) is 17.0 Å². The second-order valence-corrected chi connectivity index (χ2v) is 13.8. The topological polar surface area (TPSA) is 26.0 Å². The molecule has 0 saturated carbocycles. The molecule has 0 aliphatic rings. The van der Waals surface area contributed by atoms with Gasteiger partial charge in [-0.1, -0.05) is 141 Å². The third-order valence-corrected chi connectivity index (χ3v) is 9.32. The van der Waals surface area contributed by atoms with E-state index in [2.05, 4.69) is 45.2 Å².